The Kier molecular flexibility index (Phi) is 15.2. The number of carbonyl (C=O) groups is 2. The van der Waals surface area contributed by atoms with E-state index in [0.717, 1.165) is 31.9 Å². The third-order valence-corrected chi connectivity index (χ3v) is 6.71. The van der Waals surface area contributed by atoms with Crippen LogP contribution < -0.4 is 19.7 Å². The van der Waals surface area contributed by atoms with Crippen LogP contribution in [0.25, 0.3) is 0 Å². The molecule has 0 bridgehead atoms. The van der Waals surface area contributed by atoms with Crippen LogP contribution in [0.2, 0.25) is 0 Å². The molecule has 276 valence electrons. The van der Waals surface area contributed by atoms with Crippen molar-refractivity contribution < 1.29 is 54.9 Å². The Bertz CT molecular complexity index is 1300. The van der Waals surface area contributed by atoms with Crippen LogP contribution in [0.1, 0.15) is 41.5 Å². The van der Waals surface area contributed by atoms with E-state index in [-0.39, 0.29) is 29.3 Å². The molecule has 2 aliphatic heterocycles. The summed E-state index contributed by atoms with van der Waals surface area (Å²) in [6.07, 6.45) is -9.86. The first-order valence-corrected chi connectivity index (χ1v) is 16.1. The van der Waals surface area contributed by atoms with Gasteiger partial charge >= 0.3 is 24.9 Å². The van der Waals surface area contributed by atoms with Gasteiger partial charge in [-0.15, -0.1) is 26.3 Å². The second-order valence-corrected chi connectivity index (χ2v) is 13.6. The molecule has 2 heterocycles. The maximum Gasteiger partial charge on any atom is 0.573 e. The molecular weight excluding hydrogens is 730 g/mol. The summed E-state index contributed by atoms with van der Waals surface area (Å²) in [5.41, 5.74) is -0.141. The lowest BCUT2D eigenvalue weighted by atomic mass is 10.2. The Labute approximate surface area is 290 Å². The van der Waals surface area contributed by atoms with Gasteiger partial charge in [-0.2, -0.15) is 0 Å². The van der Waals surface area contributed by atoms with E-state index in [0.29, 0.717) is 30.7 Å². The number of nitrogens with one attached hydrogen (secondary N) is 1. The number of halogens is 7. The minimum atomic E-state index is -4.69. The molecule has 10 nitrogen and oxygen atoms in total. The molecule has 2 saturated heterocycles. The smallest absolute Gasteiger partial charge is 0.444 e. The molecule has 2 aromatic carbocycles. The lowest BCUT2D eigenvalue weighted by molar-refractivity contribution is -0.275. The monoisotopic (exact) mass is 772 g/mol. The summed E-state index contributed by atoms with van der Waals surface area (Å²) in [6.45, 7) is 16.4. The summed E-state index contributed by atoms with van der Waals surface area (Å²) in [4.78, 5) is 28.9. The molecule has 0 saturated carbocycles. The van der Waals surface area contributed by atoms with Crippen molar-refractivity contribution in [1.29, 1.82) is 0 Å². The van der Waals surface area contributed by atoms with E-state index in [1.807, 2.05) is 46.4 Å². The van der Waals surface area contributed by atoms with Gasteiger partial charge in [0, 0.05) is 62.5 Å². The standard InChI is InChI=1S/C16H21F3N2O3.C9H18N2O2.C7H4BrF3O/c1-15(2,3)24-14(22)21-10-8-20(9-11-21)12-4-6-13(7-5-12)23-16(17,18)19;1-9(2,3)13-8(12)11-6-4-10-5-7-11;8-5-1-3-6(4-2-5)12-7(9,10)11/h4-7H,8-11H2,1-3H3;10H,4-7H2,1-3H3;1-4H. The number of anilines is 1. The first-order valence-electron chi connectivity index (χ1n) is 15.3. The van der Waals surface area contributed by atoms with Crippen LogP contribution in [-0.4, -0.2) is 98.3 Å². The number of hydrogen-bond donors (Lipinski definition) is 1. The molecule has 0 aromatic heterocycles. The molecule has 0 aliphatic carbocycles. The van der Waals surface area contributed by atoms with Gasteiger partial charge in [-0.05, 0) is 90.1 Å². The van der Waals surface area contributed by atoms with Gasteiger partial charge < -0.3 is 39.0 Å². The van der Waals surface area contributed by atoms with Gasteiger partial charge in [-0.1, -0.05) is 15.9 Å². The van der Waals surface area contributed by atoms with E-state index in [2.05, 4.69) is 30.7 Å². The molecule has 0 radical (unpaired) electrons. The normalized spacial score (nSPS) is 15.6. The van der Waals surface area contributed by atoms with Crippen LogP contribution in [0.4, 0.5) is 41.6 Å². The Morgan fingerprint density at radius 1 is 0.612 bits per heavy atom. The highest BCUT2D eigenvalue weighted by molar-refractivity contribution is 9.10. The maximum atomic E-state index is 12.2. The Morgan fingerprint density at radius 3 is 1.35 bits per heavy atom. The molecule has 2 aliphatic rings. The van der Waals surface area contributed by atoms with E-state index in [9.17, 15) is 35.9 Å². The topological polar surface area (TPSA) is 92.8 Å². The fourth-order valence-electron chi connectivity index (χ4n) is 4.14. The van der Waals surface area contributed by atoms with Crippen LogP contribution in [0.3, 0.4) is 0 Å². The fourth-order valence-corrected chi connectivity index (χ4v) is 4.41. The average Bonchev–Trinajstić information content (AvgIpc) is 2.97. The molecule has 2 fully saturated rings. The molecule has 4 rings (SSSR count). The number of piperazine rings is 2. The van der Waals surface area contributed by atoms with Crippen molar-refractivity contribution in [3.8, 4) is 11.5 Å². The molecule has 1 N–H and O–H groups in total. The molecule has 0 spiro atoms. The van der Waals surface area contributed by atoms with Crippen molar-refractivity contribution in [2.75, 3.05) is 57.3 Å². The van der Waals surface area contributed by atoms with Crippen molar-refractivity contribution in [3.05, 3.63) is 53.0 Å². The zero-order chi connectivity index (χ0) is 37.0. The molecule has 2 aromatic rings. The predicted molar refractivity (Wildman–Crippen MR) is 175 cm³/mol. The summed E-state index contributed by atoms with van der Waals surface area (Å²) in [7, 11) is 0. The second kappa shape index (κ2) is 17.9. The van der Waals surface area contributed by atoms with Crippen LogP contribution in [-0.2, 0) is 9.47 Å². The number of rotatable bonds is 3. The van der Waals surface area contributed by atoms with E-state index >= 15 is 0 Å². The van der Waals surface area contributed by atoms with E-state index < -0.39 is 18.3 Å². The van der Waals surface area contributed by atoms with Gasteiger partial charge in [-0.3, -0.25) is 0 Å². The fraction of sp³-hybridized carbons (Fsp3) is 0.562. The van der Waals surface area contributed by atoms with Crippen molar-refractivity contribution in [3.63, 3.8) is 0 Å². The molecule has 17 heteroatoms. The molecule has 0 atom stereocenters. The molecule has 0 unspecified atom stereocenters. The van der Waals surface area contributed by atoms with Crippen LogP contribution in [0.5, 0.6) is 11.5 Å². The van der Waals surface area contributed by atoms with Crippen molar-refractivity contribution in [2.24, 2.45) is 0 Å². The number of alkyl halides is 6. The molecule has 49 heavy (non-hydrogen) atoms. The highest BCUT2D eigenvalue weighted by atomic mass is 79.9. The zero-order valence-electron chi connectivity index (χ0n) is 28.2. The lowest BCUT2D eigenvalue weighted by Gasteiger charge is -2.36. The molecular formula is C32H43BrF6N4O6. The van der Waals surface area contributed by atoms with E-state index in [1.165, 1.54) is 36.4 Å². The summed E-state index contributed by atoms with van der Waals surface area (Å²) in [6, 6.07) is 11.1. The number of benzene rings is 2. The summed E-state index contributed by atoms with van der Waals surface area (Å²) in [5, 5.41) is 3.18. The number of carbonyl (C=O) groups excluding carboxylic acids is 2. The summed E-state index contributed by atoms with van der Waals surface area (Å²) in [5.74, 6) is -0.468. The lowest BCUT2D eigenvalue weighted by Crippen LogP contribution is -2.50. The van der Waals surface area contributed by atoms with Gasteiger partial charge in [0.05, 0.1) is 0 Å². The van der Waals surface area contributed by atoms with Crippen molar-refractivity contribution in [2.45, 2.75) is 65.5 Å². The molecule has 2 amide bonds. The highest BCUT2D eigenvalue weighted by Gasteiger charge is 2.32. The minimum Gasteiger partial charge on any atom is -0.444 e. The second-order valence-electron chi connectivity index (χ2n) is 12.7. The Morgan fingerprint density at radius 2 is 0.980 bits per heavy atom. The van der Waals surface area contributed by atoms with E-state index in [4.69, 9.17) is 9.47 Å². The Hall–Kier alpha value is -3.60. The van der Waals surface area contributed by atoms with Gasteiger partial charge in [0.2, 0.25) is 0 Å². The van der Waals surface area contributed by atoms with Crippen LogP contribution in [0.15, 0.2) is 53.0 Å². The van der Waals surface area contributed by atoms with Gasteiger partial charge in [0.15, 0.2) is 0 Å². The third kappa shape index (κ3) is 18.1. The van der Waals surface area contributed by atoms with Crippen LogP contribution in [0, 0.1) is 0 Å². The first-order chi connectivity index (χ1) is 22.5. The minimum absolute atomic E-state index is 0.200. The third-order valence-electron chi connectivity index (χ3n) is 6.18. The summed E-state index contributed by atoms with van der Waals surface area (Å²) < 4.78 is 90.0. The predicted octanol–water partition coefficient (Wildman–Crippen LogP) is 7.82. The van der Waals surface area contributed by atoms with Crippen LogP contribution >= 0.6 is 15.9 Å². The van der Waals surface area contributed by atoms with Gasteiger partial charge in [0.25, 0.3) is 0 Å². The number of nitrogens with zero attached hydrogens (tertiary/aromatic N) is 3. The largest absolute Gasteiger partial charge is 0.573 e. The first kappa shape index (κ1) is 41.6. The zero-order valence-corrected chi connectivity index (χ0v) is 29.8. The number of hydrogen-bond acceptors (Lipinski definition) is 8. The van der Waals surface area contributed by atoms with E-state index in [1.54, 1.807) is 21.9 Å². The highest BCUT2D eigenvalue weighted by Crippen LogP contribution is 2.26. The quantitative estimate of drug-likeness (QED) is 0.316. The van der Waals surface area contributed by atoms with Crippen molar-refractivity contribution >= 4 is 33.8 Å². The van der Waals surface area contributed by atoms with Crippen molar-refractivity contribution in [1.82, 2.24) is 15.1 Å². The Balaban J connectivity index is 0.000000281. The van der Waals surface area contributed by atoms with Gasteiger partial charge in [0.1, 0.15) is 22.7 Å². The average molecular weight is 774 g/mol. The number of ether oxygens (including phenoxy) is 4. The summed E-state index contributed by atoms with van der Waals surface area (Å²) >= 11 is 3.09. The van der Waals surface area contributed by atoms with Gasteiger partial charge in [-0.25, -0.2) is 9.59 Å². The SMILES string of the molecule is CC(C)(C)OC(=O)N1CCN(c2ccc(OC(F)(F)F)cc2)CC1.CC(C)(C)OC(=O)N1CCNCC1.FC(F)(F)Oc1ccc(Br)cc1. The maximum absolute atomic E-state index is 12.2. The number of amides is 2.